The number of aromatic nitrogens is 4. The second kappa shape index (κ2) is 9.05. The van der Waals surface area contributed by atoms with Crippen molar-refractivity contribution in [1.82, 2.24) is 24.2 Å². The number of nitrogens with zero attached hydrogens (tertiary/aromatic N) is 5. The number of likely N-dealkylation sites (tertiary alicyclic amines) is 1. The highest BCUT2D eigenvalue weighted by atomic mass is 19.1. The van der Waals surface area contributed by atoms with Gasteiger partial charge in [0.25, 0.3) is 11.5 Å². The number of fused-ring (bicyclic) bond motifs is 1. The van der Waals surface area contributed by atoms with Gasteiger partial charge in [-0.2, -0.15) is 5.10 Å². The van der Waals surface area contributed by atoms with Gasteiger partial charge >= 0.3 is 0 Å². The Hall–Kier alpha value is -3.89. The molecule has 3 N–H and O–H groups in total. The fraction of sp³-hybridized carbons (Fsp3) is 0.280. The largest absolute Gasteiger partial charge is 0.388 e. The normalized spacial score (nSPS) is 15.5. The molecule has 5 rings (SSSR count). The molecule has 3 heterocycles. The van der Waals surface area contributed by atoms with Crippen LogP contribution in [0.3, 0.4) is 0 Å². The van der Waals surface area contributed by atoms with Gasteiger partial charge in [-0.25, -0.2) is 14.1 Å². The van der Waals surface area contributed by atoms with Gasteiger partial charge in [-0.05, 0) is 54.8 Å². The third-order valence-electron chi connectivity index (χ3n) is 6.48. The lowest BCUT2D eigenvalue weighted by atomic mass is 9.90. The highest BCUT2D eigenvalue weighted by Gasteiger charge is 2.35. The zero-order valence-electron chi connectivity index (χ0n) is 19.0. The molecule has 0 atom stereocenters. The summed E-state index contributed by atoms with van der Waals surface area (Å²) in [4.78, 5) is 32.1. The number of hydrogen-bond acceptors (Lipinski definition) is 6. The standard InChI is InChI=1S/C25H25FN6O3/c26-19-4-6-20(7-5-19)32-22-21(14-29-32)24(34)31(16-28-22)15-25(35)8-10-30(11-9-25)23(33)18-3-1-2-17(12-18)13-27/h1-7,12,14,16,35H,8-11,13,15,27H2. The van der Waals surface area contributed by atoms with Crippen LogP contribution in [0.2, 0.25) is 0 Å². The predicted molar refractivity (Wildman–Crippen MR) is 128 cm³/mol. The Balaban J connectivity index is 1.31. The molecule has 1 amide bonds. The lowest BCUT2D eigenvalue weighted by Crippen LogP contribution is -2.49. The van der Waals surface area contributed by atoms with E-state index in [-0.39, 0.29) is 23.8 Å². The van der Waals surface area contributed by atoms with Crippen LogP contribution in [0.15, 0.2) is 65.8 Å². The maximum Gasteiger partial charge on any atom is 0.264 e. The van der Waals surface area contributed by atoms with E-state index in [1.165, 1.54) is 33.9 Å². The summed E-state index contributed by atoms with van der Waals surface area (Å²) < 4.78 is 16.1. The van der Waals surface area contributed by atoms with Gasteiger partial charge in [-0.1, -0.05) is 12.1 Å². The molecule has 0 spiro atoms. The van der Waals surface area contributed by atoms with E-state index in [1.807, 2.05) is 12.1 Å². The molecule has 180 valence electrons. The molecule has 0 bridgehead atoms. The van der Waals surface area contributed by atoms with Crippen LogP contribution in [-0.2, 0) is 13.1 Å². The van der Waals surface area contributed by atoms with E-state index in [0.29, 0.717) is 54.8 Å². The molecule has 1 aliphatic heterocycles. The van der Waals surface area contributed by atoms with E-state index >= 15 is 0 Å². The summed E-state index contributed by atoms with van der Waals surface area (Å²) in [5.74, 6) is -0.471. The Labute approximate surface area is 200 Å². The van der Waals surface area contributed by atoms with E-state index in [0.717, 1.165) is 5.56 Å². The van der Waals surface area contributed by atoms with E-state index < -0.39 is 5.60 Å². The van der Waals surface area contributed by atoms with Crippen molar-refractivity contribution in [2.75, 3.05) is 13.1 Å². The van der Waals surface area contributed by atoms with Crippen molar-refractivity contribution in [2.45, 2.75) is 31.5 Å². The molecule has 0 saturated carbocycles. The summed E-state index contributed by atoms with van der Waals surface area (Å²) in [6.45, 7) is 1.15. The number of carbonyl (C=O) groups excluding carboxylic acids is 1. The number of hydrogen-bond donors (Lipinski definition) is 2. The number of piperidine rings is 1. The van der Waals surface area contributed by atoms with Gasteiger partial charge in [0, 0.05) is 25.2 Å². The molecule has 0 unspecified atom stereocenters. The van der Waals surface area contributed by atoms with E-state index in [2.05, 4.69) is 10.1 Å². The van der Waals surface area contributed by atoms with Crippen LogP contribution in [0, 0.1) is 5.82 Å². The Morgan fingerprint density at radius 2 is 1.89 bits per heavy atom. The Kier molecular flexibility index (Phi) is 5.91. The van der Waals surface area contributed by atoms with Gasteiger partial charge < -0.3 is 15.7 Å². The van der Waals surface area contributed by atoms with Gasteiger partial charge in [0.05, 0.1) is 24.0 Å². The van der Waals surface area contributed by atoms with Crippen molar-refractivity contribution in [3.8, 4) is 5.69 Å². The van der Waals surface area contributed by atoms with Crippen LogP contribution < -0.4 is 11.3 Å². The van der Waals surface area contributed by atoms with Crippen LogP contribution in [-0.4, -0.2) is 53.9 Å². The fourth-order valence-corrected chi connectivity index (χ4v) is 4.45. The zero-order chi connectivity index (χ0) is 24.6. The molecule has 1 saturated heterocycles. The summed E-state index contributed by atoms with van der Waals surface area (Å²) in [7, 11) is 0. The van der Waals surface area contributed by atoms with Gasteiger partial charge in [-0.15, -0.1) is 0 Å². The second-order valence-electron chi connectivity index (χ2n) is 8.87. The minimum atomic E-state index is -1.15. The number of aliphatic hydroxyl groups is 1. The minimum absolute atomic E-state index is 0.0567. The van der Waals surface area contributed by atoms with Crippen molar-refractivity contribution in [2.24, 2.45) is 5.73 Å². The quantitative estimate of drug-likeness (QED) is 0.454. The number of nitrogens with two attached hydrogens (primary N) is 1. The van der Waals surface area contributed by atoms with Gasteiger partial charge in [0.1, 0.15) is 17.5 Å². The third-order valence-corrected chi connectivity index (χ3v) is 6.48. The number of benzene rings is 2. The zero-order valence-corrected chi connectivity index (χ0v) is 19.0. The van der Waals surface area contributed by atoms with Crippen LogP contribution in [0.25, 0.3) is 16.7 Å². The molecule has 0 aliphatic carbocycles. The van der Waals surface area contributed by atoms with Crippen molar-refractivity contribution in [1.29, 1.82) is 0 Å². The summed E-state index contributed by atoms with van der Waals surface area (Å²) in [6, 6.07) is 13.0. The second-order valence-corrected chi connectivity index (χ2v) is 8.87. The van der Waals surface area contributed by atoms with E-state index in [1.54, 1.807) is 29.2 Å². The van der Waals surface area contributed by atoms with Crippen LogP contribution in [0.1, 0.15) is 28.8 Å². The molecule has 10 heteroatoms. The van der Waals surface area contributed by atoms with Crippen molar-refractivity contribution < 1.29 is 14.3 Å². The average molecular weight is 477 g/mol. The predicted octanol–water partition coefficient (Wildman–Crippen LogP) is 1.85. The molecule has 4 aromatic rings. The molecule has 35 heavy (non-hydrogen) atoms. The number of amides is 1. The number of rotatable bonds is 5. The molecule has 1 aliphatic rings. The Morgan fingerprint density at radius 3 is 2.60 bits per heavy atom. The maximum atomic E-state index is 13.3. The molecule has 9 nitrogen and oxygen atoms in total. The van der Waals surface area contributed by atoms with Crippen LogP contribution in [0.5, 0.6) is 0 Å². The third kappa shape index (κ3) is 4.45. The highest BCUT2D eigenvalue weighted by molar-refractivity contribution is 5.94. The fourth-order valence-electron chi connectivity index (χ4n) is 4.45. The smallest absolute Gasteiger partial charge is 0.264 e. The summed E-state index contributed by atoms with van der Waals surface area (Å²) in [6.07, 6.45) is 3.47. The van der Waals surface area contributed by atoms with Gasteiger partial charge in [-0.3, -0.25) is 14.2 Å². The topological polar surface area (TPSA) is 119 Å². The molecular formula is C25H25FN6O3. The average Bonchev–Trinajstić information content (AvgIpc) is 3.31. The number of halogens is 1. The van der Waals surface area contributed by atoms with Crippen LogP contribution in [0.4, 0.5) is 4.39 Å². The summed E-state index contributed by atoms with van der Waals surface area (Å²) in [5, 5.41) is 15.7. The summed E-state index contributed by atoms with van der Waals surface area (Å²) >= 11 is 0. The Bertz CT molecular complexity index is 1440. The van der Waals surface area contributed by atoms with Gasteiger partial charge in [0.2, 0.25) is 0 Å². The van der Waals surface area contributed by atoms with Crippen molar-refractivity contribution >= 4 is 16.9 Å². The monoisotopic (exact) mass is 476 g/mol. The lowest BCUT2D eigenvalue weighted by molar-refractivity contribution is -0.0299. The molecular weight excluding hydrogens is 451 g/mol. The SMILES string of the molecule is NCc1cccc(C(=O)N2CCC(O)(Cn3cnc4c(cnn4-c4ccc(F)cc4)c3=O)CC2)c1. The maximum absolute atomic E-state index is 13.3. The highest BCUT2D eigenvalue weighted by Crippen LogP contribution is 2.25. The van der Waals surface area contributed by atoms with Crippen molar-refractivity contribution in [3.63, 3.8) is 0 Å². The van der Waals surface area contributed by atoms with E-state index in [4.69, 9.17) is 5.73 Å². The first-order valence-corrected chi connectivity index (χ1v) is 11.4. The first-order valence-electron chi connectivity index (χ1n) is 11.4. The molecule has 2 aromatic carbocycles. The van der Waals surface area contributed by atoms with E-state index in [9.17, 15) is 19.1 Å². The molecule has 1 fully saturated rings. The van der Waals surface area contributed by atoms with Gasteiger partial charge in [0.15, 0.2) is 5.65 Å². The number of carbonyl (C=O) groups is 1. The first kappa shape index (κ1) is 22.9. The summed E-state index contributed by atoms with van der Waals surface area (Å²) in [5.41, 5.74) is 6.59. The van der Waals surface area contributed by atoms with Crippen molar-refractivity contribution in [3.05, 3.63) is 88.4 Å². The first-order chi connectivity index (χ1) is 16.9. The molecule has 0 radical (unpaired) electrons. The molecule has 2 aromatic heterocycles. The Morgan fingerprint density at radius 1 is 1.14 bits per heavy atom. The van der Waals surface area contributed by atoms with Crippen LogP contribution >= 0.6 is 0 Å². The lowest BCUT2D eigenvalue weighted by Gasteiger charge is -2.38. The minimum Gasteiger partial charge on any atom is -0.388 e.